The summed E-state index contributed by atoms with van der Waals surface area (Å²) in [6, 6.07) is 11.9. The van der Waals surface area contributed by atoms with Gasteiger partial charge in [-0.1, -0.05) is 44.0 Å². The van der Waals surface area contributed by atoms with Gasteiger partial charge in [0.15, 0.2) is 0 Å². The van der Waals surface area contributed by atoms with E-state index in [4.69, 9.17) is 15.2 Å². The first-order valence-corrected chi connectivity index (χ1v) is 9.83. The van der Waals surface area contributed by atoms with Crippen molar-refractivity contribution < 1.29 is 14.3 Å². The lowest BCUT2D eigenvalue weighted by molar-refractivity contribution is -0.160. The molecule has 0 aliphatic carbocycles. The second-order valence-electron chi connectivity index (χ2n) is 7.04. The zero-order valence-electron chi connectivity index (χ0n) is 15.1. The monoisotopic (exact) mass is 483 g/mol. The molecule has 4 nitrogen and oxygen atoms in total. The fourth-order valence-electron chi connectivity index (χ4n) is 2.37. The fourth-order valence-corrected chi connectivity index (χ4v) is 3.93. The Bertz CT molecular complexity index is 745. The van der Waals surface area contributed by atoms with Crippen molar-refractivity contribution in [3.05, 3.63) is 62.0 Å². The van der Waals surface area contributed by atoms with Crippen molar-refractivity contribution in [1.82, 2.24) is 0 Å². The van der Waals surface area contributed by atoms with Crippen molar-refractivity contribution >= 4 is 43.5 Å². The number of esters is 1. The molecule has 0 heterocycles. The van der Waals surface area contributed by atoms with Crippen LogP contribution in [0.4, 0.5) is 5.69 Å². The molecule has 0 fully saturated rings. The highest BCUT2D eigenvalue weighted by Gasteiger charge is 2.16. The molecule has 0 spiro atoms. The van der Waals surface area contributed by atoms with Crippen molar-refractivity contribution in [2.45, 2.75) is 39.4 Å². The van der Waals surface area contributed by atoms with Gasteiger partial charge in [-0.25, -0.2) is 4.79 Å². The minimum Gasteiger partial charge on any atom is -0.458 e. The van der Waals surface area contributed by atoms with Crippen LogP contribution >= 0.6 is 31.9 Å². The summed E-state index contributed by atoms with van der Waals surface area (Å²) in [5.41, 5.74) is 9.27. The van der Waals surface area contributed by atoms with E-state index in [9.17, 15) is 4.79 Å². The maximum absolute atomic E-state index is 11.7. The fraction of sp³-hybridized carbons (Fsp3) is 0.350. The number of nitrogen functional groups attached to an aromatic ring is 1. The number of hydrogen-bond acceptors (Lipinski definition) is 4. The first-order valence-electron chi connectivity index (χ1n) is 8.25. The maximum Gasteiger partial charge on any atom is 0.332 e. The van der Waals surface area contributed by atoms with Crippen LogP contribution in [0.5, 0.6) is 0 Å². The van der Waals surface area contributed by atoms with Crippen molar-refractivity contribution in [3.8, 4) is 0 Å². The second-order valence-corrected chi connectivity index (χ2v) is 8.74. The van der Waals surface area contributed by atoms with Crippen molar-refractivity contribution in [3.63, 3.8) is 0 Å². The molecule has 26 heavy (non-hydrogen) atoms. The number of anilines is 1. The van der Waals surface area contributed by atoms with E-state index in [0.29, 0.717) is 6.61 Å². The molecule has 0 amide bonds. The molecule has 0 bridgehead atoms. The smallest absolute Gasteiger partial charge is 0.332 e. The lowest BCUT2D eigenvalue weighted by Gasteiger charge is -2.19. The third kappa shape index (κ3) is 6.74. The number of carbonyl (C=O) groups excluding carboxylic acids is 1. The number of nitrogens with two attached hydrogens (primary N) is 1. The van der Waals surface area contributed by atoms with Crippen LogP contribution in [0.15, 0.2) is 45.3 Å². The van der Waals surface area contributed by atoms with E-state index >= 15 is 0 Å². The largest absolute Gasteiger partial charge is 0.458 e. The number of halogens is 2. The van der Waals surface area contributed by atoms with Crippen molar-refractivity contribution in [2.75, 3.05) is 12.3 Å². The summed E-state index contributed by atoms with van der Waals surface area (Å²) < 4.78 is 12.7. The van der Waals surface area contributed by atoms with E-state index < -0.39 is 5.60 Å². The van der Waals surface area contributed by atoms with Gasteiger partial charge >= 0.3 is 5.97 Å². The molecule has 0 unspecified atom stereocenters. The van der Waals surface area contributed by atoms with Crippen molar-refractivity contribution in [2.24, 2.45) is 0 Å². The summed E-state index contributed by atoms with van der Waals surface area (Å²) in [5, 5.41) is 0. The van der Waals surface area contributed by atoms with Crippen molar-refractivity contribution in [1.29, 1.82) is 0 Å². The number of rotatable bonds is 6. The zero-order valence-corrected chi connectivity index (χ0v) is 18.3. The number of carbonyl (C=O) groups is 1. The van der Waals surface area contributed by atoms with Gasteiger partial charge in [0.05, 0.1) is 6.61 Å². The van der Waals surface area contributed by atoms with Crippen LogP contribution in [-0.4, -0.2) is 18.2 Å². The van der Waals surface area contributed by atoms with Gasteiger partial charge < -0.3 is 15.2 Å². The molecule has 0 saturated heterocycles. The number of benzene rings is 2. The number of hydrogen-bond donors (Lipinski definition) is 1. The van der Waals surface area contributed by atoms with Crippen LogP contribution in [0, 0.1) is 0 Å². The Morgan fingerprint density at radius 1 is 1.04 bits per heavy atom. The Kier molecular flexibility index (Phi) is 7.26. The third-order valence-corrected chi connectivity index (χ3v) is 4.89. The molecule has 2 aromatic carbocycles. The average Bonchev–Trinajstić information content (AvgIpc) is 2.51. The average molecular weight is 485 g/mol. The van der Waals surface area contributed by atoms with Gasteiger partial charge in [-0.3, -0.25) is 0 Å². The molecule has 0 aromatic heterocycles. The Labute approximate surface area is 171 Å². The van der Waals surface area contributed by atoms with Gasteiger partial charge in [-0.15, -0.1) is 0 Å². The lowest BCUT2D eigenvalue weighted by atomic mass is 10.0. The summed E-state index contributed by atoms with van der Waals surface area (Å²) in [6.45, 7) is 5.76. The van der Waals surface area contributed by atoms with Crippen LogP contribution in [0.2, 0.25) is 0 Å². The Morgan fingerprint density at radius 3 is 2.15 bits per heavy atom. The van der Waals surface area contributed by atoms with Gasteiger partial charge in [-0.2, -0.15) is 0 Å². The Balaban J connectivity index is 1.98. The highest BCUT2D eigenvalue weighted by atomic mass is 79.9. The minimum atomic E-state index is -0.504. The van der Waals surface area contributed by atoms with Gasteiger partial charge in [0, 0.05) is 14.6 Å². The molecule has 0 aliphatic rings. The van der Waals surface area contributed by atoms with E-state index in [1.54, 1.807) is 0 Å². The maximum atomic E-state index is 11.7. The van der Waals surface area contributed by atoms with Crippen LogP contribution in [0.1, 0.15) is 37.5 Å². The molecular formula is C20H23Br2NO3. The predicted octanol–water partition coefficient (Wildman–Crippen LogP) is 5.24. The highest BCUT2D eigenvalue weighted by Crippen LogP contribution is 2.30. The molecule has 0 radical (unpaired) electrons. The van der Waals surface area contributed by atoms with E-state index in [-0.39, 0.29) is 12.6 Å². The first-order chi connectivity index (χ1) is 12.1. The van der Waals surface area contributed by atoms with E-state index in [1.807, 2.05) is 57.2 Å². The van der Waals surface area contributed by atoms with E-state index in [1.165, 1.54) is 5.56 Å². The van der Waals surface area contributed by atoms with Crippen LogP contribution in [0.25, 0.3) is 0 Å². The summed E-state index contributed by atoms with van der Waals surface area (Å²) in [5.74, 6) is -0.365. The van der Waals surface area contributed by atoms with Gasteiger partial charge in [0.1, 0.15) is 12.2 Å². The SMILES string of the molecule is CC(C)(C)OC(=O)COCc1cc(Br)c(Cc2ccc(N)cc2)c(Br)c1. The van der Waals surface area contributed by atoms with E-state index in [2.05, 4.69) is 31.9 Å². The Morgan fingerprint density at radius 2 is 1.62 bits per heavy atom. The number of ether oxygens (including phenoxy) is 2. The van der Waals surface area contributed by atoms with Crippen LogP contribution in [0.3, 0.4) is 0 Å². The summed E-state index contributed by atoms with van der Waals surface area (Å²) in [6.07, 6.45) is 0.778. The molecule has 6 heteroatoms. The molecule has 2 N–H and O–H groups in total. The quantitative estimate of drug-likeness (QED) is 0.449. The molecule has 0 aliphatic heterocycles. The van der Waals surface area contributed by atoms with Crippen LogP contribution in [-0.2, 0) is 27.3 Å². The molecule has 2 rings (SSSR count). The predicted molar refractivity (Wildman–Crippen MR) is 111 cm³/mol. The third-order valence-electron chi connectivity index (χ3n) is 3.47. The van der Waals surface area contributed by atoms with Gasteiger partial charge in [0.2, 0.25) is 0 Å². The summed E-state index contributed by atoms with van der Waals surface area (Å²) in [4.78, 5) is 11.7. The first kappa shape index (κ1) is 20.9. The van der Waals surface area contributed by atoms with E-state index in [0.717, 1.165) is 32.2 Å². The highest BCUT2D eigenvalue weighted by molar-refractivity contribution is 9.11. The molecule has 2 aromatic rings. The van der Waals surface area contributed by atoms with Gasteiger partial charge in [-0.05, 0) is 68.1 Å². The normalized spacial score (nSPS) is 11.4. The summed E-state index contributed by atoms with van der Waals surface area (Å²) in [7, 11) is 0. The second kappa shape index (κ2) is 9.02. The van der Waals surface area contributed by atoms with Gasteiger partial charge in [0.25, 0.3) is 0 Å². The topological polar surface area (TPSA) is 61.5 Å². The summed E-state index contributed by atoms with van der Waals surface area (Å²) >= 11 is 7.26. The minimum absolute atomic E-state index is 0.0697. The molecular weight excluding hydrogens is 462 g/mol. The Hall–Kier alpha value is -1.37. The molecule has 0 atom stereocenters. The zero-order chi connectivity index (χ0) is 19.3. The molecule has 0 saturated carbocycles. The standard InChI is InChI=1S/C20H23Br2NO3/c1-20(2,3)26-19(24)12-25-11-14-9-17(21)16(18(22)10-14)8-13-4-6-15(23)7-5-13/h4-7,9-10H,8,11-12,23H2,1-3H3. The lowest BCUT2D eigenvalue weighted by Crippen LogP contribution is -2.26. The van der Waals surface area contributed by atoms with Crippen LogP contribution < -0.4 is 5.73 Å². The molecule has 140 valence electrons.